The first kappa shape index (κ1) is 17.8. The molecule has 1 aliphatic rings. The Morgan fingerprint density at radius 3 is 2.67 bits per heavy atom. The number of hydrogen-bond donors (Lipinski definition) is 3. The summed E-state index contributed by atoms with van der Waals surface area (Å²) in [4.78, 5) is 25.7. The van der Waals surface area contributed by atoms with Crippen molar-refractivity contribution in [3.63, 3.8) is 0 Å². The summed E-state index contributed by atoms with van der Waals surface area (Å²) in [5.41, 5.74) is 1.59. The number of ether oxygens (including phenoxy) is 1. The predicted octanol–water partition coefficient (Wildman–Crippen LogP) is 1.19. The lowest BCUT2D eigenvalue weighted by molar-refractivity contribution is -0.136. The molecule has 0 unspecified atom stereocenters. The first-order valence-electron chi connectivity index (χ1n) is 7.70. The van der Waals surface area contributed by atoms with Gasteiger partial charge in [-0.2, -0.15) is 0 Å². The van der Waals surface area contributed by atoms with Crippen LogP contribution in [0.1, 0.15) is 25.3 Å². The lowest BCUT2D eigenvalue weighted by Crippen LogP contribution is -2.31. The molecule has 1 heterocycles. The molecule has 3 N–H and O–H groups in total. The van der Waals surface area contributed by atoms with Crippen molar-refractivity contribution in [2.24, 2.45) is 0 Å². The second-order valence-corrected chi connectivity index (χ2v) is 5.85. The maximum atomic E-state index is 12.4. The van der Waals surface area contributed by atoms with Crippen LogP contribution < -0.4 is 5.32 Å². The molecule has 0 spiro atoms. The smallest absolute Gasteiger partial charge is 0.337 e. The normalized spacial score (nSPS) is 14.5. The topological polar surface area (TPSA) is 99.1 Å². The molecule has 0 bridgehead atoms. The van der Waals surface area contributed by atoms with Gasteiger partial charge < -0.3 is 25.2 Å². The van der Waals surface area contributed by atoms with E-state index in [0.717, 1.165) is 5.56 Å². The van der Waals surface area contributed by atoms with Gasteiger partial charge in [0, 0.05) is 18.3 Å². The molecule has 1 aliphatic heterocycles. The molecule has 24 heavy (non-hydrogen) atoms. The van der Waals surface area contributed by atoms with E-state index in [-0.39, 0.29) is 42.6 Å². The van der Waals surface area contributed by atoms with Crippen LogP contribution in [0.4, 0.5) is 5.69 Å². The summed E-state index contributed by atoms with van der Waals surface area (Å²) in [6.07, 6.45) is 0. The molecule has 1 aromatic carbocycles. The molecular formula is C17H22N2O5. The quantitative estimate of drug-likeness (QED) is 0.676. The van der Waals surface area contributed by atoms with E-state index in [0.29, 0.717) is 5.69 Å². The second-order valence-electron chi connectivity index (χ2n) is 5.85. The van der Waals surface area contributed by atoms with E-state index in [9.17, 15) is 14.7 Å². The average molecular weight is 334 g/mol. The summed E-state index contributed by atoms with van der Waals surface area (Å²) in [7, 11) is 1.25. The number of esters is 1. The van der Waals surface area contributed by atoms with Gasteiger partial charge in [-0.1, -0.05) is 19.9 Å². The van der Waals surface area contributed by atoms with Crippen LogP contribution in [0.25, 0.3) is 0 Å². The number of benzene rings is 1. The summed E-state index contributed by atoms with van der Waals surface area (Å²) >= 11 is 0. The maximum Gasteiger partial charge on any atom is 0.337 e. The fraction of sp³-hybridized carbons (Fsp3) is 0.412. The zero-order valence-electron chi connectivity index (χ0n) is 14.0. The standard InChI is InChI=1S/C17H22N2O5/c1-10(2)12-5-4-11(8-14(12)21)18-15-13(17(23)24-3)9-19(6-7-20)16(15)22/h4-5,8,10,18,20-21H,6-7,9H2,1-3H3. The number of carbonyl (C=O) groups is 2. The number of phenols is 1. The molecule has 0 radical (unpaired) electrons. The third-order valence-corrected chi connectivity index (χ3v) is 3.88. The van der Waals surface area contributed by atoms with Crippen LogP contribution in [-0.4, -0.2) is 53.8 Å². The highest BCUT2D eigenvalue weighted by Gasteiger charge is 2.34. The molecule has 0 fully saturated rings. The Morgan fingerprint density at radius 2 is 2.12 bits per heavy atom. The molecule has 0 atom stereocenters. The highest BCUT2D eigenvalue weighted by atomic mass is 16.5. The van der Waals surface area contributed by atoms with E-state index in [4.69, 9.17) is 9.84 Å². The summed E-state index contributed by atoms with van der Waals surface area (Å²) < 4.78 is 4.72. The van der Waals surface area contributed by atoms with Crippen molar-refractivity contribution >= 4 is 17.6 Å². The second kappa shape index (κ2) is 7.35. The van der Waals surface area contributed by atoms with Crippen LogP contribution in [0.3, 0.4) is 0 Å². The number of carbonyl (C=O) groups excluding carboxylic acids is 2. The maximum absolute atomic E-state index is 12.4. The number of amides is 1. The number of aliphatic hydroxyl groups excluding tert-OH is 1. The third-order valence-electron chi connectivity index (χ3n) is 3.88. The van der Waals surface area contributed by atoms with Crippen LogP contribution in [0.15, 0.2) is 29.5 Å². The van der Waals surface area contributed by atoms with E-state index in [2.05, 4.69) is 5.32 Å². The molecule has 130 valence electrons. The number of rotatable bonds is 6. The predicted molar refractivity (Wildman–Crippen MR) is 88.5 cm³/mol. The van der Waals surface area contributed by atoms with Gasteiger partial charge in [0.15, 0.2) is 0 Å². The largest absolute Gasteiger partial charge is 0.508 e. The minimum absolute atomic E-state index is 0.0739. The Kier molecular flexibility index (Phi) is 5.46. The number of aromatic hydroxyl groups is 1. The minimum Gasteiger partial charge on any atom is -0.508 e. The summed E-state index contributed by atoms with van der Waals surface area (Å²) in [6, 6.07) is 5.02. The van der Waals surface area contributed by atoms with Crippen LogP contribution in [0.5, 0.6) is 5.75 Å². The number of nitrogens with zero attached hydrogens (tertiary/aromatic N) is 1. The SMILES string of the molecule is COC(=O)C1=C(Nc2ccc(C(C)C)c(O)c2)C(=O)N(CCO)C1. The van der Waals surface area contributed by atoms with Gasteiger partial charge in [0.1, 0.15) is 11.4 Å². The number of aliphatic hydroxyl groups is 1. The van der Waals surface area contributed by atoms with Gasteiger partial charge >= 0.3 is 5.97 Å². The number of methoxy groups -OCH3 is 1. The molecule has 7 nitrogen and oxygen atoms in total. The minimum atomic E-state index is -0.602. The lowest BCUT2D eigenvalue weighted by atomic mass is 10.0. The number of nitrogens with one attached hydrogen (secondary N) is 1. The van der Waals surface area contributed by atoms with Gasteiger partial charge in [-0.25, -0.2) is 4.79 Å². The fourth-order valence-electron chi connectivity index (χ4n) is 2.60. The fourth-order valence-corrected chi connectivity index (χ4v) is 2.60. The molecule has 0 aliphatic carbocycles. The number of phenolic OH excluding ortho intramolecular Hbond substituents is 1. The van der Waals surface area contributed by atoms with Gasteiger partial charge in [0.25, 0.3) is 5.91 Å². The van der Waals surface area contributed by atoms with Crippen molar-refractivity contribution in [1.29, 1.82) is 0 Å². The first-order chi connectivity index (χ1) is 11.4. The molecule has 2 rings (SSSR count). The van der Waals surface area contributed by atoms with Crippen LogP contribution in [0.2, 0.25) is 0 Å². The van der Waals surface area contributed by atoms with Gasteiger partial charge in [-0.3, -0.25) is 4.79 Å². The van der Waals surface area contributed by atoms with Crippen molar-refractivity contribution in [2.45, 2.75) is 19.8 Å². The Labute approximate surface area is 140 Å². The van der Waals surface area contributed by atoms with Crippen molar-refractivity contribution in [2.75, 3.05) is 32.1 Å². The number of β-amino-alcohol motifs (C(OH)–C–C–N with tert-alkyl or cyclic N) is 1. The Bertz CT molecular complexity index is 682. The Hall–Kier alpha value is -2.54. The summed E-state index contributed by atoms with van der Waals surface area (Å²) in [5.74, 6) is -0.712. The number of anilines is 1. The van der Waals surface area contributed by atoms with E-state index < -0.39 is 11.9 Å². The zero-order valence-corrected chi connectivity index (χ0v) is 14.0. The monoisotopic (exact) mass is 334 g/mol. The highest BCUT2D eigenvalue weighted by Crippen LogP contribution is 2.30. The van der Waals surface area contributed by atoms with Crippen LogP contribution in [0, 0.1) is 0 Å². The Morgan fingerprint density at radius 1 is 1.42 bits per heavy atom. The van der Waals surface area contributed by atoms with Crippen molar-refractivity contribution in [3.05, 3.63) is 35.0 Å². The number of hydrogen-bond acceptors (Lipinski definition) is 6. The van der Waals surface area contributed by atoms with E-state index in [1.54, 1.807) is 12.1 Å². The van der Waals surface area contributed by atoms with Crippen LogP contribution in [-0.2, 0) is 14.3 Å². The van der Waals surface area contributed by atoms with Gasteiger partial charge in [-0.05, 0) is 17.5 Å². The molecule has 1 aromatic rings. The molecule has 7 heteroatoms. The average Bonchev–Trinajstić information content (AvgIpc) is 2.84. The highest BCUT2D eigenvalue weighted by molar-refractivity contribution is 6.08. The van der Waals surface area contributed by atoms with Gasteiger partial charge in [0.2, 0.25) is 0 Å². The third kappa shape index (κ3) is 3.51. The van der Waals surface area contributed by atoms with Crippen molar-refractivity contribution in [1.82, 2.24) is 4.90 Å². The molecular weight excluding hydrogens is 312 g/mol. The molecule has 0 aromatic heterocycles. The van der Waals surface area contributed by atoms with E-state index >= 15 is 0 Å². The van der Waals surface area contributed by atoms with Crippen molar-refractivity contribution in [3.8, 4) is 5.75 Å². The Balaban J connectivity index is 2.31. The molecule has 0 saturated carbocycles. The van der Waals surface area contributed by atoms with E-state index in [1.807, 2.05) is 13.8 Å². The zero-order chi connectivity index (χ0) is 17.9. The molecule has 0 saturated heterocycles. The van der Waals surface area contributed by atoms with Crippen molar-refractivity contribution < 1.29 is 24.5 Å². The molecule has 1 amide bonds. The van der Waals surface area contributed by atoms with Crippen LogP contribution >= 0.6 is 0 Å². The van der Waals surface area contributed by atoms with Gasteiger partial charge in [-0.15, -0.1) is 0 Å². The first-order valence-corrected chi connectivity index (χ1v) is 7.70. The lowest BCUT2D eigenvalue weighted by Gasteiger charge is -2.15. The van der Waals surface area contributed by atoms with E-state index in [1.165, 1.54) is 18.1 Å². The van der Waals surface area contributed by atoms with Gasteiger partial charge in [0.05, 0.1) is 25.8 Å². The summed E-state index contributed by atoms with van der Waals surface area (Å²) in [5, 5.41) is 22.0. The summed E-state index contributed by atoms with van der Waals surface area (Å²) in [6.45, 7) is 3.93.